The van der Waals surface area contributed by atoms with Gasteiger partial charge in [-0.15, -0.1) is 0 Å². The minimum absolute atomic E-state index is 0.296. The Morgan fingerprint density at radius 1 is 1.32 bits per heavy atom. The Bertz CT molecular complexity index is 613. The van der Waals surface area contributed by atoms with E-state index in [1.807, 2.05) is 35.8 Å². The fourth-order valence-corrected chi connectivity index (χ4v) is 2.32. The first-order valence-corrected chi connectivity index (χ1v) is 6.48. The number of fused-ring (bicyclic) bond motifs is 1. The van der Waals surface area contributed by atoms with Crippen LogP contribution in [0.25, 0.3) is 10.9 Å². The fraction of sp³-hybridized carbons (Fsp3) is 0.333. The first-order chi connectivity index (χ1) is 9.24. The Morgan fingerprint density at radius 3 is 2.68 bits per heavy atom. The number of hydrogen-bond acceptors (Lipinski definition) is 3. The van der Waals surface area contributed by atoms with Crippen LogP contribution in [0.3, 0.4) is 0 Å². The number of carbonyl (C=O) groups excluding carboxylic acids is 2. The summed E-state index contributed by atoms with van der Waals surface area (Å²) in [6.45, 7) is 4.77. The summed E-state index contributed by atoms with van der Waals surface area (Å²) in [6.07, 6.45) is 1.62. The molecular formula is C15H17NO3. The normalized spacial score (nSPS) is 10.6. The number of esters is 1. The Kier molecular flexibility index (Phi) is 4.00. The molecule has 0 radical (unpaired) electrons. The molecular weight excluding hydrogens is 242 g/mol. The third-order valence-corrected chi connectivity index (χ3v) is 3.04. The molecule has 0 aliphatic heterocycles. The van der Waals surface area contributed by atoms with E-state index < -0.39 is 5.97 Å². The number of rotatable bonds is 5. The highest BCUT2D eigenvalue weighted by molar-refractivity contribution is 6.08. The lowest BCUT2D eigenvalue weighted by Crippen LogP contribution is -2.14. The third-order valence-electron chi connectivity index (χ3n) is 3.04. The monoisotopic (exact) mass is 259 g/mol. The van der Waals surface area contributed by atoms with Crippen LogP contribution in [-0.4, -0.2) is 23.4 Å². The summed E-state index contributed by atoms with van der Waals surface area (Å²) in [7, 11) is 0. The number of aromatic nitrogens is 1. The topological polar surface area (TPSA) is 48.3 Å². The maximum atomic E-state index is 12.1. The Balaban J connectivity index is 2.73. The number of carbonyl (C=O) groups is 2. The predicted molar refractivity (Wildman–Crippen MR) is 73.6 cm³/mol. The molecule has 4 nitrogen and oxygen atoms in total. The van der Waals surface area contributed by atoms with Crippen LogP contribution in [0.4, 0.5) is 0 Å². The van der Waals surface area contributed by atoms with Crippen molar-refractivity contribution in [2.75, 3.05) is 6.61 Å². The van der Waals surface area contributed by atoms with Gasteiger partial charge in [-0.05, 0) is 19.4 Å². The van der Waals surface area contributed by atoms with Gasteiger partial charge in [0, 0.05) is 17.4 Å². The molecule has 0 saturated heterocycles. The van der Waals surface area contributed by atoms with Crippen LogP contribution in [0, 0.1) is 0 Å². The lowest BCUT2D eigenvalue weighted by molar-refractivity contribution is 0.0512. The summed E-state index contributed by atoms with van der Waals surface area (Å²) in [5, 5.41) is 0.800. The van der Waals surface area contributed by atoms with Crippen LogP contribution < -0.4 is 0 Å². The Hall–Kier alpha value is -2.10. The largest absolute Gasteiger partial charge is 0.461 e. The van der Waals surface area contributed by atoms with Crippen molar-refractivity contribution in [1.82, 2.24) is 4.57 Å². The van der Waals surface area contributed by atoms with Crippen LogP contribution in [0.5, 0.6) is 0 Å². The highest BCUT2D eigenvalue weighted by atomic mass is 16.5. The number of aldehydes is 1. The maximum absolute atomic E-state index is 12.1. The van der Waals surface area contributed by atoms with E-state index in [1.165, 1.54) is 0 Å². The molecule has 100 valence electrons. The van der Waals surface area contributed by atoms with Gasteiger partial charge < -0.3 is 9.30 Å². The molecule has 0 atom stereocenters. The van der Waals surface area contributed by atoms with E-state index in [0.717, 1.165) is 23.6 Å². The molecule has 1 heterocycles. The fourth-order valence-electron chi connectivity index (χ4n) is 2.32. The summed E-state index contributed by atoms with van der Waals surface area (Å²) in [5.41, 5.74) is 1.68. The standard InChI is InChI=1S/C15H17NO3/c1-3-9-16-13-8-6-5-7-11(13)12(10-17)14(16)15(18)19-4-2/h5-8,10H,3-4,9H2,1-2H3. The van der Waals surface area contributed by atoms with Gasteiger partial charge in [-0.25, -0.2) is 4.79 Å². The van der Waals surface area contributed by atoms with Crippen molar-refractivity contribution in [3.05, 3.63) is 35.5 Å². The predicted octanol–water partition coefficient (Wildman–Crippen LogP) is 3.04. The summed E-state index contributed by atoms with van der Waals surface area (Å²) in [5.74, 6) is -0.436. The molecule has 4 heteroatoms. The molecule has 0 fully saturated rings. The zero-order valence-electron chi connectivity index (χ0n) is 11.2. The van der Waals surface area contributed by atoms with Gasteiger partial charge in [0.2, 0.25) is 0 Å². The van der Waals surface area contributed by atoms with Crippen LogP contribution in [0.15, 0.2) is 24.3 Å². The molecule has 0 N–H and O–H groups in total. The van der Waals surface area contributed by atoms with Crippen LogP contribution in [0.2, 0.25) is 0 Å². The van der Waals surface area contributed by atoms with E-state index in [0.29, 0.717) is 24.4 Å². The Morgan fingerprint density at radius 2 is 2.05 bits per heavy atom. The van der Waals surface area contributed by atoms with E-state index in [2.05, 4.69) is 0 Å². The average Bonchev–Trinajstić information content (AvgIpc) is 2.74. The van der Waals surface area contributed by atoms with Gasteiger partial charge in [0.25, 0.3) is 0 Å². The number of hydrogen-bond donors (Lipinski definition) is 0. The average molecular weight is 259 g/mol. The molecule has 2 rings (SSSR count). The van der Waals surface area contributed by atoms with Gasteiger partial charge >= 0.3 is 5.97 Å². The first kappa shape index (κ1) is 13.3. The second kappa shape index (κ2) is 5.69. The maximum Gasteiger partial charge on any atom is 0.355 e. The molecule has 0 bridgehead atoms. The smallest absolute Gasteiger partial charge is 0.355 e. The van der Waals surface area contributed by atoms with E-state index in [9.17, 15) is 9.59 Å². The van der Waals surface area contributed by atoms with Gasteiger partial charge in [0.1, 0.15) is 5.69 Å². The Labute approximate surface area is 112 Å². The highest BCUT2D eigenvalue weighted by Crippen LogP contribution is 2.26. The zero-order valence-corrected chi connectivity index (χ0v) is 11.2. The van der Waals surface area contributed by atoms with Crippen molar-refractivity contribution in [3.8, 4) is 0 Å². The molecule has 1 aromatic carbocycles. The van der Waals surface area contributed by atoms with Crippen LogP contribution in [-0.2, 0) is 11.3 Å². The van der Waals surface area contributed by atoms with E-state index in [4.69, 9.17) is 4.74 Å². The summed E-state index contributed by atoms with van der Waals surface area (Å²) >= 11 is 0. The molecule has 1 aromatic heterocycles. The minimum Gasteiger partial charge on any atom is -0.461 e. The number of aryl methyl sites for hydroxylation is 1. The van der Waals surface area contributed by atoms with Crippen molar-refractivity contribution in [3.63, 3.8) is 0 Å². The first-order valence-electron chi connectivity index (χ1n) is 6.48. The van der Waals surface area contributed by atoms with E-state index >= 15 is 0 Å². The summed E-state index contributed by atoms with van der Waals surface area (Å²) < 4.78 is 6.94. The van der Waals surface area contributed by atoms with Crippen LogP contribution >= 0.6 is 0 Å². The lowest BCUT2D eigenvalue weighted by atomic mass is 10.1. The van der Waals surface area contributed by atoms with Crippen molar-refractivity contribution in [2.24, 2.45) is 0 Å². The second-order valence-electron chi connectivity index (χ2n) is 4.27. The highest BCUT2D eigenvalue weighted by Gasteiger charge is 2.22. The lowest BCUT2D eigenvalue weighted by Gasteiger charge is -2.08. The van der Waals surface area contributed by atoms with Gasteiger partial charge in [-0.2, -0.15) is 0 Å². The molecule has 2 aromatic rings. The van der Waals surface area contributed by atoms with Gasteiger partial charge in [-0.3, -0.25) is 4.79 Å². The third kappa shape index (κ3) is 2.26. The van der Waals surface area contributed by atoms with Gasteiger partial charge in [-0.1, -0.05) is 25.1 Å². The molecule has 19 heavy (non-hydrogen) atoms. The number of benzene rings is 1. The second-order valence-corrected chi connectivity index (χ2v) is 4.27. The molecule has 0 saturated carbocycles. The van der Waals surface area contributed by atoms with Crippen molar-refractivity contribution in [1.29, 1.82) is 0 Å². The SMILES string of the molecule is CCCn1c(C(=O)OCC)c(C=O)c2ccccc21. The quantitative estimate of drug-likeness (QED) is 0.612. The molecule has 0 spiro atoms. The van der Waals surface area contributed by atoms with Crippen molar-refractivity contribution in [2.45, 2.75) is 26.8 Å². The summed E-state index contributed by atoms with van der Waals surface area (Å²) in [6, 6.07) is 7.53. The number of ether oxygens (including phenoxy) is 1. The molecule has 0 amide bonds. The molecule has 0 aliphatic rings. The summed E-state index contributed by atoms with van der Waals surface area (Å²) in [4.78, 5) is 23.4. The van der Waals surface area contributed by atoms with Crippen molar-refractivity contribution < 1.29 is 14.3 Å². The zero-order chi connectivity index (χ0) is 13.8. The number of para-hydroxylation sites is 1. The van der Waals surface area contributed by atoms with Gasteiger partial charge in [0.15, 0.2) is 6.29 Å². The minimum atomic E-state index is -0.436. The van der Waals surface area contributed by atoms with E-state index in [1.54, 1.807) is 6.92 Å². The number of nitrogens with zero attached hydrogens (tertiary/aromatic N) is 1. The van der Waals surface area contributed by atoms with E-state index in [-0.39, 0.29) is 0 Å². The molecule has 0 unspecified atom stereocenters. The van der Waals surface area contributed by atoms with Crippen LogP contribution in [0.1, 0.15) is 41.1 Å². The van der Waals surface area contributed by atoms with Gasteiger partial charge in [0.05, 0.1) is 12.2 Å². The molecule has 0 aliphatic carbocycles. The van der Waals surface area contributed by atoms with Crippen molar-refractivity contribution >= 4 is 23.2 Å².